The van der Waals surface area contributed by atoms with E-state index in [0.717, 1.165) is 0 Å². The first kappa shape index (κ1) is 20.9. The first-order valence-corrected chi connectivity index (χ1v) is 7.43. The molecule has 0 aliphatic rings. The normalized spacial score (nSPS) is 9.46. The second-order valence-corrected chi connectivity index (χ2v) is 4.77. The summed E-state index contributed by atoms with van der Waals surface area (Å²) < 4.78 is 30.1. The molecule has 0 saturated carbocycles. The van der Waals surface area contributed by atoms with Gasteiger partial charge in [-0.2, -0.15) is 0 Å². The van der Waals surface area contributed by atoms with Crippen molar-refractivity contribution < 1.29 is 38.6 Å². The molecule has 2 rings (SSSR count). The predicted molar refractivity (Wildman–Crippen MR) is 95.5 cm³/mol. The summed E-state index contributed by atoms with van der Waals surface area (Å²) in [6, 6.07) is 5.84. The van der Waals surface area contributed by atoms with Crippen LogP contribution in [0.15, 0.2) is 24.3 Å². The number of phenolic OH excluding ortho intramolecular Hbond substituents is 2. The van der Waals surface area contributed by atoms with Crippen LogP contribution in [0.4, 0.5) is 0 Å². The fourth-order valence-electron chi connectivity index (χ4n) is 2.13. The quantitative estimate of drug-likeness (QED) is 0.804. The summed E-state index contributed by atoms with van der Waals surface area (Å²) in [6.45, 7) is 0. The molecule has 0 aromatic heterocycles. The molecule has 26 heavy (non-hydrogen) atoms. The van der Waals surface area contributed by atoms with E-state index in [4.69, 9.17) is 28.4 Å². The second kappa shape index (κ2) is 9.97. The van der Waals surface area contributed by atoms with Crippen molar-refractivity contribution >= 4 is 0 Å². The lowest BCUT2D eigenvalue weighted by Gasteiger charge is -2.11. The summed E-state index contributed by atoms with van der Waals surface area (Å²) in [4.78, 5) is 0. The van der Waals surface area contributed by atoms with E-state index in [1.807, 2.05) is 0 Å². The molecule has 2 aromatic rings. The summed E-state index contributed by atoms with van der Waals surface area (Å²) >= 11 is 0. The number of hydrogen-bond acceptors (Lipinski definition) is 8. The predicted octanol–water partition coefficient (Wildman–Crippen LogP) is 2.84. The van der Waals surface area contributed by atoms with Crippen LogP contribution < -0.4 is 28.4 Å². The van der Waals surface area contributed by atoms with Crippen molar-refractivity contribution in [2.24, 2.45) is 0 Å². The van der Waals surface area contributed by atoms with Crippen LogP contribution in [0.25, 0.3) is 0 Å². The second-order valence-electron chi connectivity index (χ2n) is 4.77. The number of ether oxygens (including phenoxy) is 6. The zero-order valence-electron chi connectivity index (χ0n) is 15.7. The first-order chi connectivity index (χ1) is 12.4. The van der Waals surface area contributed by atoms with E-state index in [1.54, 1.807) is 0 Å². The first-order valence-electron chi connectivity index (χ1n) is 7.43. The Morgan fingerprint density at radius 1 is 0.462 bits per heavy atom. The minimum Gasteiger partial charge on any atom is -0.508 e. The molecular formula is C18H24O8. The highest BCUT2D eigenvalue weighted by Crippen LogP contribution is 2.41. The minimum atomic E-state index is 0.0782. The molecule has 0 unspecified atom stereocenters. The molecule has 0 spiro atoms. The van der Waals surface area contributed by atoms with Gasteiger partial charge in [-0.15, -0.1) is 0 Å². The molecule has 0 fully saturated rings. The van der Waals surface area contributed by atoms with Crippen LogP contribution in [0.5, 0.6) is 46.0 Å². The Kier molecular flexibility index (Phi) is 8.01. The van der Waals surface area contributed by atoms with Crippen LogP contribution in [-0.2, 0) is 0 Å². The van der Waals surface area contributed by atoms with Crippen molar-refractivity contribution in [1.82, 2.24) is 0 Å². The highest BCUT2D eigenvalue weighted by Gasteiger charge is 2.13. The van der Waals surface area contributed by atoms with Crippen molar-refractivity contribution in [3.63, 3.8) is 0 Å². The van der Waals surface area contributed by atoms with E-state index in [9.17, 15) is 10.2 Å². The zero-order chi connectivity index (χ0) is 19.7. The monoisotopic (exact) mass is 368 g/mol. The Bertz CT molecular complexity index is 603. The third-order valence-electron chi connectivity index (χ3n) is 3.30. The molecule has 0 atom stereocenters. The fraction of sp³-hybridized carbons (Fsp3) is 0.333. The largest absolute Gasteiger partial charge is 0.508 e. The van der Waals surface area contributed by atoms with Gasteiger partial charge in [-0.25, -0.2) is 0 Å². The Balaban J connectivity index is 0.000000260. The highest BCUT2D eigenvalue weighted by atomic mass is 16.5. The van der Waals surface area contributed by atoms with Gasteiger partial charge in [0.1, 0.15) is 11.5 Å². The average molecular weight is 368 g/mol. The summed E-state index contributed by atoms with van der Waals surface area (Å²) in [7, 11) is 9.01. The van der Waals surface area contributed by atoms with Gasteiger partial charge in [-0.05, 0) is 0 Å². The summed E-state index contributed by atoms with van der Waals surface area (Å²) in [6.07, 6.45) is 0. The maximum atomic E-state index is 9.26. The van der Waals surface area contributed by atoms with E-state index in [0.29, 0.717) is 34.5 Å². The molecule has 144 valence electrons. The molecule has 0 aliphatic heterocycles. The van der Waals surface area contributed by atoms with Gasteiger partial charge in [0.15, 0.2) is 23.0 Å². The maximum Gasteiger partial charge on any atom is 0.203 e. The van der Waals surface area contributed by atoms with E-state index in [-0.39, 0.29) is 11.5 Å². The van der Waals surface area contributed by atoms with Gasteiger partial charge in [0, 0.05) is 24.3 Å². The molecule has 0 amide bonds. The van der Waals surface area contributed by atoms with E-state index >= 15 is 0 Å². The molecule has 2 aromatic carbocycles. The molecule has 8 nitrogen and oxygen atoms in total. The fourth-order valence-corrected chi connectivity index (χ4v) is 2.13. The average Bonchev–Trinajstić information content (AvgIpc) is 2.66. The van der Waals surface area contributed by atoms with Crippen LogP contribution in [-0.4, -0.2) is 52.9 Å². The van der Waals surface area contributed by atoms with Crippen LogP contribution >= 0.6 is 0 Å². The van der Waals surface area contributed by atoms with E-state index in [2.05, 4.69) is 0 Å². The lowest BCUT2D eigenvalue weighted by Crippen LogP contribution is -1.94. The SMILES string of the molecule is COc1cc(O)cc(OC)c1OC.COc1cc(O)cc(OC)c1OC. The van der Waals surface area contributed by atoms with Crippen molar-refractivity contribution in [3.8, 4) is 46.0 Å². The van der Waals surface area contributed by atoms with Crippen molar-refractivity contribution in [2.75, 3.05) is 42.7 Å². The third-order valence-corrected chi connectivity index (χ3v) is 3.30. The summed E-state index contributed by atoms with van der Waals surface area (Å²) in [5, 5.41) is 18.5. The van der Waals surface area contributed by atoms with Crippen molar-refractivity contribution in [3.05, 3.63) is 24.3 Å². The topological polar surface area (TPSA) is 95.8 Å². The standard InChI is InChI=1S/2C9H12O4/c2*1-11-7-4-6(10)5-8(12-2)9(7)13-3/h2*4-5,10H,1-3H3. The Hall–Kier alpha value is -3.16. The van der Waals surface area contributed by atoms with Crippen LogP contribution in [0, 0.1) is 0 Å². The maximum absolute atomic E-state index is 9.26. The molecule has 0 saturated heterocycles. The molecule has 2 N–H and O–H groups in total. The zero-order valence-corrected chi connectivity index (χ0v) is 15.7. The van der Waals surface area contributed by atoms with E-state index in [1.165, 1.54) is 66.9 Å². The number of hydrogen-bond donors (Lipinski definition) is 2. The van der Waals surface area contributed by atoms with Gasteiger partial charge in [0.25, 0.3) is 0 Å². The van der Waals surface area contributed by atoms with Gasteiger partial charge < -0.3 is 38.6 Å². The van der Waals surface area contributed by atoms with Gasteiger partial charge >= 0.3 is 0 Å². The highest BCUT2D eigenvalue weighted by molar-refractivity contribution is 5.56. The van der Waals surface area contributed by atoms with Gasteiger partial charge in [0.2, 0.25) is 11.5 Å². The third kappa shape index (κ3) is 4.92. The van der Waals surface area contributed by atoms with Gasteiger partial charge in [-0.3, -0.25) is 0 Å². The molecule has 0 aliphatic carbocycles. The lowest BCUT2D eigenvalue weighted by molar-refractivity contribution is 0.320. The Labute approximate surface area is 152 Å². The smallest absolute Gasteiger partial charge is 0.203 e. The number of phenols is 2. The van der Waals surface area contributed by atoms with Crippen LogP contribution in [0.3, 0.4) is 0 Å². The Morgan fingerprint density at radius 3 is 0.846 bits per heavy atom. The molecule has 0 bridgehead atoms. The molecule has 8 heteroatoms. The summed E-state index contributed by atoms with van der Waals surface area (Å²) in [5.74, 6) is 2.88. The number of aromatic hydroxyl groups is 2. The molecule has 0 heterocycles. The van der Waals surface area contributed by atoms with Gasteiger partial charge in [-0.1, -0.05) is 0 Å². The molecular weight excluding hydrogens is 344 g/mol. The van der Waals surface area contributed by atoms with Crippen LogP contribution in [0.1, 0.15) is 0 Å². The van der Waals surface area contributed by atoms with E-state index < -0.39 is 0 Å². The van der Waals surface area contributed by atoms with Crippen molar-refractivity contribution in [1.29, 1.82) is 0 Å². The van der Waals surface area contributed by atoms with Gasteiger partial charge in [0.05, 0.1) is 42.7 Å². The number of rotatable bonds is 6. The van der Waals surface area contributed by atoms with Crippen LogP contribution in [0.2, 0.25) is 0 Å². The number of methoxy groups -OCH3 is 6. The minimum absolute atomic E-state index is 0.0782. The lowest BCUT2D eigenvalue weighted by atomic mass is 10.2. The number of benzene rings is 2. The summed E-state index contributed by atoms with van der Waals surface area (Å²) in [5.41, 5.74) is 0. The Morgan fingerprint density at radius 2 is 0.692 bits per heavy atom. The molecule has 0 radical (unpaired) electrons. The van der Waals surface area contributed by atoms with Crippen molar-refractivity contribution in [2.45, 2.75) is 0 Å².